The van der Waals surface area contributed by atoms with Crippen molar-refractivity contribution < 1.29 is 13.6 Å². The molecule has 1 aromatic rings. The minimum Gasteiger partial charge on any atom is -0.291 e. The third kappa shape index (κ3) is 2.77. The Hall–Kier alpha value is -0.970. The second-order valence-electron chi connectivity index (χ2n) is 2.62. The van der Waals surface area contributed by atoms with E-state index in [0.29, 0.717) is 5.56 Å². The van der Waals surface area contributed by atoms with Gasteiger partial charge in [0, 0.05) is 19.7 Å². The first-order valence-electron chi connectivity index (χ1n) is 3.47. The molecule has 3 nitrogen and oxygen atoms in total. The summed E-state index contributed by atoms with van der Waals surface area (Å²) in [5, 5.41) is -0.0537. The summed E-state index contributed by atoms with van der Waals surface area (Å²) in [6.07, 6.45) is 2.44. The molecule has 0 N–H and O–H groups in total. The first-order valence-corrected chi connectivity index (χ1v) is 3.85. The van der Waals surface area contributed by atoms with Crippen LogP contribution in [-0.2, 0) is 18.3 Å². The van der Waals surface area contributed by atoms with Gasteiger partial charge in [-0.05, 0) is 17.2 Å². The molecule has 0 saturated heterocycles. The topological polar surface area (TPSA) is 34.9 Å². The highest BCUT2D eigenvalue weighted by Crippen LogP contribution is 2.21. The molecule has 0 bridgehead atoms. The van der Waals surface area contributed by atoms with E-state index in [1.807, 2.05) is 0 Å². The second kappa shape index (κ2) is 3.41. The summed E-state index contributed by atoms with van der Waals surface area (Å²) in [5.74, 6) is -1.32. The molecule has 0 radical (unpaired) electrons. The summed E-state index contributed by atoms with van der Waals surface area (Å²) in [7, 11) is 1.63. The first-order chi connectivity index (χ1) is 5.89. The number of hydrogen-bond donors (Lipinski definition) is 0. The minimum absolute atomic E-state index is 0.398. The number of aromatic nitrogens is 2. The van der Waals surface area contributed by atoms with Gasteiger partial charge in [0.05, 0.1) is 6.20 Å². The Balaban J connectivity index is 2.65. The molecule has 0 aliphatic rings. The monoisotopic (exact) mass is 208 g/mol. The maximum atomic E-state index is 12.2. The highest BCUT2D eigenvalue weighted by Gasteiger charge is 2.35. The number of hydrogen-bond acceptors (Lipinski definition) is 2. The summed E-state index contributed by atoms with van der Waals surface area (Å²) in [6, 6.07) is 0. The van der Waals surface area contributed by atoms with Crippen molar-refractivity contribution in [2.24, 2.45) is 7.05 Å². The molecule has 0 aliphatic heterocycles. The standard InChI is InChI=1S/C7H7ClF2N2O/c1-12-4-5(3-11-12)2-6(13)7(8,9)10/h3-4H,2H2,1H3. The van der Waals surface area contributed by atoms with Gasteiger partial charge in [0.25, 0.3) is 0 Å². The maximum Gasteiger partial charge on any atom is 0.380 e. The fourth-order valence-corrected chi connectivity index (χ4v) is 0.916. The second-order valence-corrected chi connectivity index (χ2v) is 3.09. The van der Waals surface area contributed by atoms with Crippen molar-refractivity contribution in [2.75, 3.05) is 0 Å². The lowest BCUT2D eigenvalue weighted by molar-refractivity contribution is -0.132. The van der Waals surface area contributed by atoms with E-state index in [-0.39, 0.29) is 0 Å². The molecule has 13 heavy (non-hydrogen) atoms. The third-order valence-corrected chi connectivity index (χ3v) is 1.65. The number of aryl methyl sites for hydroxylation is 1. The van der Waals surface area contributed by atoms with Crippen LogP contribution in [0.3, 0.4) is 0 Å². The van der Waals surface area contributed by atoms with Crippen LogP contribution in [0.2, 0.25) is 0 Å². The van der Waals surface area contributed by atoms with Crippen molar-refractivity contribution in [1.29, 1.82) is 0 Å². The number of rotatable bonds is 3. The molecule has 0 fully saturated rings. The fraction of sp³-hybridized carbons (Fsp3) is 0.429. The van der Waals surface area contributed by atoms with E-state index in [9.17, 15) is 13.6 Å². The van der Waals surface area contributed by atoms with Crippen molar-refractivity contribution in [2.45, 2.75) is 11.8 Å². The zero-order valence-corrected chi connectivity index (χ0v) is 7.55. The molecule has 72 valence electrons. The van der Waals surface area contributed by atoms with Crippen LogP contribution in [0.1, 0.15) is 5.56 Å². The molecule has 0 amide bonds. The number of nitrogens with zero attached hydrogens (tertiary/aromatic N) is 2. The third-order valence-electron chi connectivity index (χ3n) is 1.44. The van der Waals surface area contributed by atoms with E-state index in [1.54, 1.807) is 7.05 Å². The van der Waals surface area contributed by atoms with Crippen molar-refractivity contribution in [3.8, 4) is 0 Å². The quantitative estimate of drug-likeness (QED) is 0.703. The number of carbonyl (C=O) groups excluding carboxylic acids is 1. The molecule has 6 heteroatoms. The van der Waals surface area contributed by atoms with Crippen LogP contribution in [0.15, 0.2) is 12.4 Å². The Kier molecular flexibility index (Phi) is 2.66. The SMILES string of the molecule is Cn1cc(CC(=O)C(F)(F)Cl)cn1. The zero-order chi connectivity index (χ0) is 10.1. The molecule has 0 atom stereocenters. The number of ketones is 1. The number of carbonyl (C=O) groups is 1. The van der Waals surface area contributed by atoms with Gasteiger partial charge in [0.1, 0.15) is 0 Å². The summed E-state index contributed by atoms with van der Waals surface area (Å²) < 4.78 is 25.8. The van der Waals surface area contributed by atoms with E-state index in [0.717, 1.165) is 0 Å². The summed E-state index contributed by atoms with van der Waals surface area (Å²) in [4.78, 5) is 10.7. The molecule has 0 aromatic carbocycles. The number of Topliss-reactive ketones (excluding diaryl/α,β-unsaturated/α-hetero) is 1. The minimum atomic E-state index is -3.78. The van der Waals surface area contributed by atoms with E-state index in [2.05, 4.69) is 16.7 Å². The van der Waals surface area contributed by atoms with Gasteiger partial charge in [-0.15, -0.1) is 0 Å². The lowest BCUT2D eigenvalue weighted by atomic mass is 10.2. The maximum absolute atomic E-state index is 12.2. The number of alkyl halides is 3. The van der Waals surface area contributed by atoms with Crippen LogP contribution in [-0.4, -0.2) is 20.9 Å². The Labute approximate surface area is 78.3 Å². The van der Waals surface area contributed by atoms with E-state index in [1.165, 1.54) is 17.1 Å². The van der Waals surface area contributed by atoms with Crippen LogP contribution in [0.5, 0.6) is 0 Å². The van der Waals surface area contributed by atoms with Gasteiger partial charge in [-0.1, -0.05) is 0 Å². The molecular formula is C7H7ClF2N2O. The van der Waals surface area contributed by atoms with Gasteiger partial charge in [-0.3, -0.25) is 9.48 Å². The van der Waals surface area contributed by atoms with Crippen LogP contribution in [0.25, 0.3) is 0 Å². The average Bonchev–Trinajstić information content (AvgIpc) is 2.33. The summed E-state index contributed by atoms with van der Waals surface area (Å²) in [5.41, 5.74) is 0.424. The normalized spacial score (nSPS) is 11.7. The Morgan fingerprint density at radius 1 is 1.77 bits per heavy atom. The van der Waals surface area contributed by atoms with Crippen molar-refractivity contribution in [3.05, 3.63) is 18.0 Å². The van der Waals surface area contributed by atoms with Gasteiger partial charge in [0.2, 0.25) is 5.78 Å². The van der Waals surface area contributed by atoms with E-state index in [4.69, 9.17) is 0 Å². The highest BCUT2D eigenvalue weighted by molar-refractivity contribution is 6.32. The van der Waals surface area contributed by atoms with Crippen molar-refractivity contribution in [3.63, 3.8) is 0 Å². The zero-order valence-electron chi connectivity index (χ0n) is 6.80. The smallest absolute Gasteiger partial charge is 0.291 e. The Morgan fingerprint density at radius 2 is 2.38 bits per heavy atom. The van der Waals surface area contributed by atoms with Crippen LogP contribution < -0.4 is 0 Å². The van der Waals surface area contributed by atoms with Crippen LogP contribution in [0, 0.1) is 0 Å². The van der Waals surface area contributed by atoms with Gasteiger partial charge in [-0.25, -0.2) is 0 Å². The molecule has 0 spiro atoms. The van der Waals surface area contributed by atoms with Crippen LogP contribution in [0.4, 0.5) is 8.78 Å². The average molecular weight is 209 g/mol. The molecule has 0 aliphatic carbocycles. The van der Waals surface area contributed by atoms with Gasteiger partial charge in [0.15, 0.2) is 0 Å². The molecule has 0 saturated carbocycles. The highest BCUT2D eigenvalue weighted by atomic mass is 35.5. The number of halogens is 3. The molecule has 1 aromatic heterocycles. The molecular weight excluding hydrogens is 202 g/mol. The Morgan fingerprint density at radius 3 is 2.77 bits per heavy atom. The Bertz CT molecular complexity index is 319. The largest absolute Gasteiger partial charge is 0.380 e. The molecule has 1 rings (SSSR count). The van der Waals surface area contributed by atoms with Crippen molar-refractivity contribution in [1.82, 2.24) is 9.78 Å². The predicted octanol–water partition coefficient (Wildman–Crippen LogP) is 1.36. The summed E-state index contributed by atoms with van der Waals surface area (Å²) >= 11 is 4.53. The van der Waals surface area contributed by atoms with Crippen LogP contribution >= 0.6 is 11.6 Å². The lowest BCUT2D eigenvalue weighted by Gasteiger charge is -2.03. The lowest BCUT2D eigenvalue weighted by Crippen LogP contribution is -2.23. The van der Waals surface area contributed by atoms with Crippen molar-refractivity contribution >= 4 is 17.4 Å². The summed E-state index contributed by atoms with van der Waals surface area (Å²) in [6.45, 7) is 0. The predicted molar refractivity (Wildman–Crippen MR) is 42.7 cm³/mol. The molecule has 0 unspecified atom stereocenters. The van der Waals surface area contributed by atoms with Gasteiger partial charge < -0.3 is 0 Å². The van der Waals surface area contributed by atoms with E-state index < -0.39 is 17.6 Å². The van der Waals surface area contributed by atoms with E-state index >= 15 is 0 Å². The first kappa shape index (κ1) is 10.1. The van der Waals surface area contributed by atoms with Gasteiger partial charge in [-0.2, -0.15) is 13.9 Å². The molecule has 1 heterocycles. The fourth-order valence-electron chi connectivity index (χ4n) is 0.849. The van der Waals surface area contributed by atoms with Gasteiger partial charge >= 0.3 is 5.38 Å².